The number of rotatable bonds is 4. The molecule has 0 spiro atoms. The molecule has 3 heterocycles. The fraction of sp³-hybridized carbons (Fsp3) is 0.400. The van der Waals surface area contributed by atoms with E-state index in [1.807, 2.05) is 25.1 Å². The molecule has 1 atom stereocenters. The van der Waals surface area contributed by atoms with Crippen molar-refractivity contribution < 1.29 is 14.3 Å². The number of aryl methyl sites for hydroxylation is 1. The normalized spacial score (nSPS) is 19.1. The first kappa shape index (κ1) is 21.7. The van der Waals surface area contributed by atoms with Crippen LogP contribution in [0, 0.1) is 18.3 Å². The lowest BCUT2D eigenvalue weighted by Crippen LogP contribution is -2.33. The monoisotopic (exact) mass is 432 g/mol. The lowest BCUT2D eigenvalue weighted by molar-refractivity contribution is -0.139. The molecular formula is C25H28N4O3. The van der Waals surface area contributed by atoms with Gasteiger partial charge in [0.05, 0.1) is 23.6 Å². The minimum atomic E-state index is -0.706. The van der Waals surface area contributed by atoms with Crippen LogP contribution in [0.25, 0.3) is 10.9 Å². The molecule has 1 saturated heterocycles. The molecule has 0 saturated carbocycles. The Kier molecular flexibility index (Phi) is 6.04. The number of esters is 1. The van der Waals surface area contributed by atoms with Gasteiger partial charge < -0.3 is 20.1 Å². The van der Waals surface area contributed by atoms with Crippen molar-refractivity contribution in [2.75, 3.05) is 24.6 Å². The number of carbonyl (C=O) groups is 1. The number of nitriles is 1. The molecule has 1 fully saturated rings. The van der Waals surface area contributed by atoms with E-state index in [0.717, 1.165) is 53.8 Å². The van der Waals surface area contributed by atoms with E-state index in [2.05, 4.69) is 17.0 Å². The summed E-state index contributed by atoms with van der Waals surface area (Å²) in [5.41, 5.74) is 9.38. The van der Waals surface area contributed by atoms with Gasteiger partial charge in [0, 0.05) is 24.0 Å². The molecule has 2 aliphatic rings. The van der Waals surface area contributed by atoms with Gasteiger partial charge in [-0.2, -0.15) is 5.26 Å². The summed E-state index contributed by atoms with van der Waals surface area (Å²) < 4.78 is 10.9. The number of fused-ring (bicyclic) bond motifs is 1. The van der Waals surface area contributed by atoms with Crippen LogP contribution in [0.2, 0.25) is 0 Å². The van der Waals surface area contributed by atoms with Gasteiger partial charge in [-0.25, -0.2) is 9.78 Å². The minimum Gasteiger partial charge on any atom is -0.463 e. The van der Waals surface area contributed by atoms with Gasteiger partial charge in [-0.05, 0) is 58.2 Å². The zero-order valence-corrected chi connectivity index (χ0v) is 18.8. The molecule has 1 aromatic carbocycles. The molecule has 7 heteroatoms. The van der Waals surface area contributed by atoms with Crippen LogP contribution in [0.3, 0.4) is 0 Å². The van der Waals surface area contributed by atoms with Gasteiger partial charge in [0.2, 0.25) is 5.88 Å². The number of hydrogen-bond acceptors (Lipinski definition) is 7. The van der Waals surface area contributed by atoms with E-state index < -0.39 is 11.9 Å². The van der Waals surface area contributed by atoms with Gasteiger partial charge in [-0.3, -0.25) is 0 Å². The Morgan fingerprint density at radius 1 is 1.28 bits per heavy atom. The van der Waals surface area contributed by atoms with Crippen LogP contribution < -0.4 is 10.6 Å². The van der Waals surface area contributed by atoms with Crippen molar-refractivity contribution in [2.24, 2.45) is 5.73 Å². The summed E-state index contributed by atoms with van der Waals surface area (Å²) in [4.78, 5) is 20.3. The molecule has 0 radical (unpaired) electrons. The Hall–Kier alpha value is -3.53. The van der Waals surface area contributed by atoms with Gasteiger partial charge in [0.1, 0.15) is 23.2 Å². The lowest BCUT2D eigenvalue weighted by atomic mass is 9.82. The van der Waals surface area contributed by atoms with Crippen molar-refractivity contribution in [3.63, 3.8) is 0 Å². The largest absolute Gasteiger partial charge is 0.463 e. The van der Waals surface area contributed by atoms with Crippen LogP contribution >= 0.6 is 0 Å². The molecule has 0 amide bonds. The van der Waals surface area contributed by atoms with Crippen LogP contribution in [0.15, 0.2) is 47.1 Å². The molecule has 7 nitrogen and oxygen atoms in total. The predicted molar refractivity (Wildman–Crippen MR) is 123 cm³/mol. The summed E-state index contributed by atoms with van der Waals surface area (Å²) >= 11 is 0. The maximum Gasteiger partial charge on any atom is 0.338 e. The van der Waals surface area contributed by atoms with Crippen LogP contribution in [0.5, 0.6) is 0 Å². The summed E-state index contributed by atoms with van der Waals surface area (Å²) in [7, 11) is 0. The molecule has 2 aromatic rings. The molecule has 166 valence electrons. The van der Waals surface area contributed by atoms with Crippen molar-refractivity contribution in [2.45, 2.75) is 46.0 Å². The highest BCUT2D eigenvalue weighted by Crippen LogP contribution is 2.44. The average Bonchev–Trinajstić information content (AvgIpc) is 2.78. The second-order valence-corrected chi connectivity index (χ2v) is 8.26. The van der Waals surface area contributed by atoms with Crippen LogP contribution in [0.1, 0.15) is 50.2 Å². The van der Waals surface area contributed by atoms with Crippen LogP contribution in [-0.2, 0) is 14.3 Å². The number of nitrogens with two attached hydrogens (primary N) is 1. The summed E-state index contributed by atoms with van der Waals surface area (Å²) in [6.45, 7) is 7.43. The van der Waals surface area contributed by atoms with Gasteiger partial charge in [0.25, 0.3) is 0 Å². The second-order valence-electron chi connectivity index (χ2n) is 8.26. The highest BCUT2D eigenvalue weighted by molar-refractivity contribution is 5.94. The zero-order chi connectivity index (χ0) is 22.8. The Morgan fingerprint density at radius 2 is 2.03 bits per heavy atom. The first-order valence-corrected chi connectivity index (χ1v) is 11.1. The molecular weight excluding hydrogens is 404 g/mol. The third-order valence-corrected chi connectivity index (χ3v) is 6.05. The topological polar surface area (TPSA) is 101 Å². The first-order chi connectivity index (χ1) is 15.4. The van der Waals surface area contributed by atoms with E-state index in [4.69, 9.17) is 20.2 Å². The molecule has 2 N–H and O–H groups in total. The van der Waals surface area contributed by atoms with Crippen molar-refractivity contribution in [1.29, 1.82) is 5.26 Å². The number of benzene rings is 1. The van der Waals surface area contributed by atoms with Crippen LogP contribution in [0.4, 0.5) is 5.82 Å². The Labute approximate surface area is 188 Å². The molecule has 1 aromatic heterocycles. The molecule has 2 aliphatic heterocycles. The fourth-order valence-electron chi connectivity index (χ4n) is 4.54. The summed E-state index contributed by atoms with van der Waals surface area (Å²) in [5, 5.41) is 10.9. The third-order valence-electron chi connectivity index (χ3n) is 6.05. The Balaban J connectivity index is 1.99. The van der Waals surface area contributed by atoms with E-state index >= 15 is 0 Å². The van der Waals surface area contributed by atoms with E-state index in [1.165, 1.54) is 6.42 Å². The summed E-state index contributed by atoms with van der Waals surface area (Å²) in [5.74, 6) is -0.0784. The third kappa shape index (κ3) is 3.89. The van der Waals surface area contributed by atoms with E-state index in [-0.39, 0.29) is 18.1 Å². The van der Waals surface area contributed by atoms with E-state index in [9.17, 15) is 10.1 Å². The van der Waals surface area contributed by atoms with Gasteiger partial charge in [0.15, 0.2) is 0 Å². The predicted octanol–water partition coefficient (Wildman–Crippen LogP) is 4.18. The zero-order valence-electron chi connectivity index (χ0n) is 18.8. The smallest absolute Gasteiger partial charge is 0.338 e. The second kappa shape index (κ2) is 8.91. The van der Waals surface area contributed by atoms with Crippen molar-refractivity contribution in [3.05, 3.63) is 58.2 Å². The number of allylic oxidation sites excluding steroid dienone is 2. The molecule has 0 aliphatic carbocycles. The van der Waals surface area contributed by atoms with Gasteiger partial charge in [-0.1, -0.05) is 11.6 Å². The average molecular weight is 433 g/mol. The molecule has 32 heavy (non-hydrogen) atoms. The lowest BCUT2D eigenvalue weighted by Gasteiger charge is -2.33. The van der Waals surface area contributed by atoms with Crippen molar-refractivity contribution >= 4 is 22.7 Å². The number of nitrogens with zero attached hydrogens (tertiary/aromatic N) is 3. The number of piperidine rings is 1. The first-order valence-electron chi connectivity index (χ1n) is 11.1. The fourth-order valence-corrected chi connectivity index (χ4v) is 4.54. The molecule has 0 bridgehead atoms. The number of carbonyl (C=O) groups excluding carboxylic acids is 1. The number of hydrogen-bond donors (Lipinski definition) is 1. The Bertz CT molecular complexity index is 1170. The van der Waals surface area contributed by atoms with E-state index in [1.54, 1.807) is 13.8 Å². The number of pyridine rings is 1. The van der Waals surface area contributed by atoms with E-state index in [0.29, 0.717) is 11.3 Å². The molecule has 4 rings (SSSR count). The quantitative estimate of drug-likeness (QED) is 0.723. The summed E-state index contributed by atoms with van der Waals surface area (Å²) in [6.07, 6.45) is 3.33. The number of ether oxygens (including phenoxy) is 2. The van der Waals surface area contributed by atoms with Gasteiger partial charge >= 0.3 is 5.97 Å². The number of aromatic nitrogens is 1. The van der Waals surface area contributed by atoms with Crippen molar-refractivity contribution in [1.82, 2.24) is 4.98 Å². The SMILES string of the molecule is CCOC(=O)C1=C(C)OC(N)=C(C#N)C1c1cc2cc(C)ccc2nc1N1CCCCC1. The summed E-state index contributed by atoms with van der Waals surface area (Å²) in [6, 6.07) is 10.3. The van der Waals surface area contributed by atoms with Gasteiger partial charge in [-0.15, -0.1) is 0 Å². The van der Waals surface area contributed by atoms with Crippen LogP contribution in [-0.4, -0.2) is 30.6 Å². The Morgan fingerprint density at radius 3 is 2.72 bits per heavy atom. The highest BCUT2D eigenvalue weighted by Gasteiger charge is 2.39. The minimum absolute atomic E-state index is 0.0111. The van der Waals surface area contributed by atoms with Crippen molar-refractivity contribution in [3.8, 4) is 6.07 Å². The standard InChI is InChI=1S/C25H28N4O3/c1-4-31-25(30)21-16(3)32-23(27)19(14-26)22(21)18-13-17-12-15(2)8-9-20(17)28-24(18)29-10-6-5-7-11-29/h8-9,12-13,22H,4-7,10-11,27H2,1-3H3. The maximum absolute atomic E-state index is 13.0. The maximum atomic E-state index is 13.0. The number of anilines is 1. The molecule has 1 unspecified atom stereocenters. The highest BCUT2D eigenvalue weighted by atomic mass is 16.5.